The molecule has 0 radical (unpaired) electrons. The Kier molecular flexibility index (Phi) is 6.21. The molecule has 6 heteroatoms. The molecular formula is C26H28N4O2. The second-order valence-corrected chi connectivity index (χ2v) is 8.27. The van der Waals surface area contributed by atoms with Crippen LogP contribution in [0.25, 0.3) is 6.08 Å². The van der Waals surface area contributed by atoms with Crippen LogP contribution in [0.15, 0.2) is 48.7 Å². The van der Waals surface area contributed by atoms with E-state index in [-0.39, 0.29) is 11.8 Å². The van der Waals surface area contributed by atoms with Gasteiger partial charge in [0.1, 0.15) is 5.69 Å². The van der Waals surface area contributed by atoms with E-state index in [0.29, 0.717) is 25.3 Å². The summed E-state index contributed by atoms with van der Waals surface area (Å²) in [5, 5.41) is 2.98. The Morgan fingerprint density at radius 2 is 1.97 bits per heavy atom. The van der Waals surface area contributed by atoms with Crippen molar-refractivity contribution < 1.29 is 9.59 Å². The van der Waals surface area contributed by atoms with Gasteiger partial charge in [-0.1, -0.05) is 30.3 Å². The van der Waals surface area contributed by atoms with Gasteiger partial charge in [-0.25, -0.2) is 0 Å². The molecule has 1 aromatic carbocycles. The van der Waals surface area contributed by atoms with E-state index in [1.165, 1.54) is 5.56 Å². The summed E-state index contributed by atoms with van der Waals surface area (Å²) in [5.74, 6) is -0.126. The fourth-order valence-electron chi connectivity index (χ4n) is 4.21. The molecule has 0 fully saturated rings. The third-order valence-corrected chi connectivity index (χ3v) is 5.91. The Morgan fingerprint density at radius 3 is 2.69 bits per heavy atom. The minimum atomic E-state index is -0.143. The fraction of sp³-hybridized carbons (Fsp3) is 0.269. The van der Waals surface area contributed by atoms with Crippen LogP contribution in [0.5, 0.6) is 0 Å². The zero-order valence-corrected chi connectivity index (χ0v) is 18.7. The first kappa shape index (κ1) is 21.6. The molecule has 3 heterocycles. The highest BCUT2D eigenvalue weighted by atomic mass is 16.2. The lowest BCUT2D eigenvalue weighted by Gasteiger charge is -2.30. The number of hydrogen-bond acceptors (Lipinski definition) is 3. The number of pyridine rings is 1. The summed E-state index contributed by atoms with van der Waals surface area (Å²) in [5.41, 5.74) is 7.77. The van der Waals surface area contributed by atoms with Gasteiger partial charge in [0.2, 0.25) is 5.91 Å². The molecular weight excluding hydrogens is 400 g/mol. The van der Waals surface area contributed by atoms with E-state index in [0.717, 1.165) is 40.1 Å². The SMILES string of the molecule is Cc1cc(C)c(C(=O)N2CCc3c(cnc(C)c3CNC(=O)/C=C/c3ccccc3)C2)[nH]1. The van der Waals surface area contributed by atoms with Crippen LogP contribution in [0.4, 0.5) is 0 Å². The minimum absolute atomic E-state index is 0.0164. The molecule has 0 bridgehead atoms. The predicted octanol–water partition coefficient (Wildman–Crippen LogP) is 3.86. The molecule has 3 aromatic rings. The van der Waals surface area contributed by atoms with Gasteiger partial charge >= 0.3 is 0 Å². The second-order valence-electron chi connectivity index (χ2n) is 8.27. The first-order valence-electron chi connectivity index (χ1n) is 10.8. The largest absolute Gasteiger partial charge is 0.354 e. The van der Waals surface area contributed by atoms with Crippen molar-refractivity contribution in [2.24, 2.45) is 0 Å². The topological polar surface area (TPSA) is 78.1 Å². The molecule has 2 N–H and O–H groups in total. The van der Waals surface area contributed by atoms with Crippen molar-refractivity contribution in [1.29, 1.82) is 0 Å². The Hall–Kier alpha value is -3.67. The lowest BCUT2D eigenvalue weighted by atomic mass is 9.94. The van der Waals surface area contributed by atoms with Crippen LogP contribution in [0.1, 0.15) is 49.7 Å². The molecule has 0 saturated carbocycles. The second kappa shape index (κ2) is 9.22. The van der Waals surface area contributed by atoms with E-state index in [2.05, 4.69) is 15.3 Å². The van der Waals surface area contributed by atoms with Gasteiger partial charge in [0.25, 0.3) is 5.91 Å². The fourth-order valence-corrected chi connectivity index (χ4v) is 4.21. The van der Waals surface area contributed by atoms with Gasteiger partial charge in [0.15, 0.2) is 0 Å². The summed E-state index contributed by atoms with van der Waals surface area (Å²) in [6, 6.07) is 11.7. The van der Waals surface area contributed by atoms with Crippen molar-refractivity contribution in [3.63, 3.8) is 0 Å². The van der Waals surface area contributed by atoms with Gasteiger partial charge < -0.3 is 15.2 Å². The van der Waals surface area contributed by atoms with Gasteiger partial charge in [-0.2, -0.15) is 0 Å². The Labute approximate surface area is 188 Å². The third-order valence-electron chi connectivity index (χ3n) is 5.91. The number of H-pyrrole nitrogens is 1. The quantitative estimate of drug-likeness (QED) is 0.606. The molecule has 0 aliphatic carbocycles. The van der Waals surface area contributed by atoms with Crippen molar-refractivity contribution in [1.82, 2.24) is 20.2 Å². The van der Waals surface area contributed by atoms with Crippen LogP contribution in [0.2, 0.25) is 0 Å². The molecule has 0 unspecified atom stereocenters. The van der Waals surface area contributed by atoms with Crippen LogP contribution >= 0.6 is 0 Å². The number of hydrogen-bond donors (Lipinski definition) is 2. The molecule has 0 atom stereocenters. The monoisotopic (exact) mass is 428 g/mol. The third kappa shape index (κ3) is 4.64. The smallest absolute Gasteiger partial charge is 0.270 e. The summed E-state index contributed by atoms with van der Waals surface area (Å²) in [6.07, 6.45) is 5.95. The van der Waals surface area contributed by atoms with Crippen LogP contribution in [-0.2, 0) is 24.3 Å². The van der Waals surface area contributed by atoms with Crippen molar-refractivity contribution in [3.05, 3.63) is 93.6 Å². The number of aromatic nitrogens is 2. The van der Waals surface area contributed by atoms with Gasteiger partial charge in [-0.3, -0.25) is 14.6 Å². The van der Waals surface area contributed by atoms with Gasteiger partial charge in [-0.15, -0.1) is 0 Å². The van der Waals surface area contributed by atoms with Crippen LogP contribution < -0.4 is 5.32 Å². The molecule has 0 saturated heterocycles. The Bertz CT molecular complexity index is 1180. The number of amides is 2. The predicted molar refractivity (Wildman–Crippen MR) is 125 cm³/mol. The standard InChI is InChI=1S/C26H28N4O2/c1-17-13-18(2)29-25(17)26(32)30-12-11-22-21(16-30)14-27-19(3)23(22)15-28-24(31)10-9-20-7-5-4-6-8-20/h4-10,13-14,29H,11-12,15-16H2,1-3H3,(H,28,31)/b10-9+. The molecule has 164 valence electrons. The van der Waals surface area contributed by atoms with Crippen molar-refractivity contribution in [3.8, 4) is 0 Å². The number of carbonyl (C=O) groups excluding carboxylic acids is 2. The average Bonchev–Trinajstić information content (AvgIpc) is 3.14. The molecule has 0 spiro atoms. The number of fused-ring (bicyclic) bond motifs is 1. The van der Waals surface area contributed by atoms with Gasteiger partial charge in [-0.05, 0) is 67.2 Å². The molecule has 2 amide bonds. The summed E-state index contributed by atoms with van der Waals surface area (Å²) in [4.78, 5) is 34.9. The highest BCUT2D eigenvalue weighted by Crippen LogP contribution is 2.25. The number of carbonyl (C=O) groups is 2. The zero-order chi connectivity index (χ0) is 22.7. The number of rotatable bonds is 5. The summed E-state index contributed by atoms with van der Waals surface area (Å²) < 4.78 is 0. The summed E-state index contributed by atoms with van der Waals surface area (Å²) in [7, 11) is 0. The average molecular weight is 429 g/mol. The number of aryl methyl sites for hydroxylation is 3. The van der Waals surface area contributed by atoms with E-state index in [1.807, 2.05) is 68.3 Å². The molecule has 1 aliphatic rings. The van der Waals surface area contributed by atoms with Crippen LogP contribution in [0, 0.1) is 20.8 Å². The lowest BCUT2D eigenvalue weighted by Crippen LogP contribution is -2.37. The summed E-state index contributed by atoms with van der Waals surface area (Å²) in [6.45, 7) is 7.45. The highest BCUT2D eigenvalue weighted by molar-refractivity contribution is 5.94. The van der Waals surface area contributed by atoms with E-state index < -0.39 is 0 Å². The van der Waals surface area contributed by atoms with E-state index in [1.54, 1.807) is 12.2 Å². The maximum Gasteiger partial charge on any atom is 0.270 e. The van der Waals surface area contributed by atoms with Crippen molar-refractivity contribution >= 4 is 17.9 Å². The van der Waals surface area contributed by atoms with Crippen molar-refractivity contribution in [2.75, 3.05) is 6.54 Å². The Morgan fingerprint density at radius 1 is 1.19 bits per heavy atom. The highest BCUT2D eigenvalue weighted by Gasteiger charge is 2.26. The van der Waals surface area contributed by atoms with E-state index in [4.69, 9.17) is 0 Å². The normalized spacial score (nSPS) is 13.3. The van der Waals surface area contributed by atoms with Crippen molar-refractivity contribution in [2.45, 2.75) is 40.3 Å². The number of aromatic amines is 1. The van der Waals surface area contributed by atoms with Gasteiger partial charge in [0.05, 0.1) is 0 Å². The van der Waals surface area contributed by atoms with Crippen LogP contribution in [-0.4, -0.2) is 33.2 Å². The molecule has 1 aliphatic heterocycles. The molecule has 32 heavy (non-hydrogen) atoms. The lowest BCUT2D eigenvalue weighted by molar-refractivity contribution is -0.116. The molecule has 4 rings (SSSR count). The van der Waals surface area contributed by atoms with Gasteiger partial charge in [0, 0.05) is 43.3 Å². The maximum absolute atomic E-state index is 13.0. The van der Waals surface area contributed by atoms with E-state index >= 15 is 0 Å². The Balaban J connectivity index is 1.45. The van der Waals surface area contributed by atoms with Crippen LogP contribution in [0.3, 0.4) is 0 Å². The zero-order valence-electron chi connectivity index (χ0n) is 18.7. The summed E-state index contributed by atoms with van der Waals surface area (Å²) >= 11 is 0. The maximum atomic E-state index is 13.0. The molecule has 6 nitrogen and oxygen atoms in total. The number of benzene rings is 1. The number of nitrogens with zero attached hydrogens (tertiary/aromatic N) is 2. The van der Waals surface area contributed by atoms with E-state index in [9.17, 15) is 9.59 Å². The minimum Gasteiger partial charge on any atom is -0.354 e. The first-order chi connectivity index (χ1) is 15.4. The molecule has 2 aromatic heterocycles. The first-order valence-corrected chi connectivity index (χ1v) is 10.8. The number of nitrogens with one attached hydrogen (secondary N) is 2.